The summed E-state index contributed by atoms with van der Waals surface area (Å²) in [5.74, 6) is 1.00. The third-order valence-electron chi connectivity index (χ3n) is 4.55. The van der Waals surface area contributed by atoms with Crippen molar-refractivity contribution in [2.45, 2.75) is 58.5 Å². The number of rotatable bonds is 7. The number of nitrogens with one attached hydrogen (secondary N) is 1. The SMILES string of the molecule is CCCNC(C)c1c(OC)cccc1N1CCCC1CC. The Hall–Kier alpha value is -1.22. The molecule has 1 saturated heterocycles. The topological polar surface area (TPSA) is 24.5 Å². The van der Waals surface area contributed by atoms with Crippen LogP contribution in [-0.4, -0.2) is 26.2 Å². The number of anilines is 1. The Labute approximate surface area is 129 Å². The van der Waals surface area contributed by atoms with Crippen molar-refractivity contribution in [3.63, 3.8) is 0 Å². The lowest BCUT2D eigenvalue weighted by Gasteiger charge is -2.31. The molecule has 1 N–H and O–H groups in total. The minimum absolute atomic E-state index is 0.314. The van der Waals surface area contributed by atoms with Gasteiger partial charge in [-0.05, 0) is 51.3 Å². The Kier molecular flexibility index (Phi) is 5.92. The molecular weight excluding hydrogens is 260 g/mol. The van der Waals surface area contributed by atoms with Crippen LogP contribution in [0.5, 0.6) is 5.75 Å². The quantitative estimate of drug-likeness (QED) is 0.817. The van der Waals surface area contributed by atoms with Crippen LogP contribution in [0.1, 0.15) is 58.1 Å². The largest absolute Gasteiger partial charge is 0.496 e. The van der Waals surface area contributed by atoms with Gasteiger partial charge in [0.2, 0.25) is 0 Å². The van der Waals surface area contributed by atoms with Crippen molar-refractivity contribution in [1.82, 2.24) is 5.32 Å². The van der Waals surface area contributed by atoms with Crippen molar-refractivity contribution in [2.75, 3.05) is 25.1 Å². The van der Waals surface area contributed by atoms with E-state index >= 15 is 0 Å². The van der Waals surface area contributed by atoms with Gasteiger partial charge in [0.05, 0.1) is 7.11 Å². The van der Waals surface area contributed by atoms with E-state index in [1.54, 1.807) is 7.11 Å². The molecule has 2 unspecified atom stereocenters. The summed E-state index contributed by atoms with van der Waals surface area (Å²) in [4.78, 5) is 2.59. The molecule has 3 heteroatoms. The first-order valence-corrected chi connectivity index (χ1v) is 8.39. The number of methoxy groups -OCH3 is 1. The first-order chi connectivity index (χ1) is 10.2. The van der Waals surface area contributed by atoms with Crippen LogP contribution >= 0.6 is 0 Å². The average molecular weight is 290 g/mol. The smallest absolute Gasteiger partial charge is 0.125 e. The van der Waals surface area contributed by atoms with Crippen LogP contribution in [0, 0.1) is 0 Å². The van der Waals surface area contributed by atoms with Crippen molar-refractivity contribution in [3.8, 4) is 5.75 Å². The van der Waals surface area contributed by atoms with Gasteiger partial charge < -0.3 is 15.0 Å². The zero-order valence-electron chi connectivity index (χ0n) is 14.0. The second-order valence-corrected chi connectivity index (χ2v) is 5.97. The van der Waals surface area contributed by atoms with Gasteiger partial charge in [0.25, 0.3) is 0 Å². The summed E-state index contributed by atoms with van der Waals surface area (Å²) >= 11 is 0. The lowest BCUT2D eigenvalue weighted by Crippen LogP contribution is -2.31. The van der Waals surface area contributed by atoms with E-state index in [0.29, 0.717) is 12.1 Å². The lowest BCUT2D eigenvalue weighted by molar-refractivity contribution is 0.401. The molecule has 0 amide bonds. The van der Waals surface area contributed by atoms with Crippen LogP contribution in [0.2, 0.25) is 0 Å². The minimum Gasteiger partial charge on any atom is -0.496 e. The molecule has 118 valence electrons. The Bertz CT molecular complexity index is 447. The maximum absolute atomic E-state index is 5.65. The van der Waals surface area contributed by atoms with E-state index in [1.807, 2.05) is 0 Å². The molecule has 1 aliphatic heterocycles. The molecule has 2 rings (SSSR count). The maximum Gasteiger partial charge on any atom is 0.125 e. The van der Waals surface area contributed by atoms with Crippen LogP contribution in [0.4, 0.5) is 5.69 Å². The molecule has 1 fully saturated rings. The van der Waals surface area contributed by atoms with E-state index in [2.05, 4.69) is 49.2 Å². The van der Waals surface area contributed by atoms with Crippen LogP contribution in [-0.2, 0) is 0 Å². The van der Waals surface area contributed by atoms with Crippen LogP contribution in [0.15, 0.2) is 18.2 Å². The molecule has 0 bridgehead atoms. The number of ether oxygens (including phenoxy) is 1. The number of nitrogens with zero attached hydrogens (tertiary/aromatic N) is 1. The monoisotopic (exact) mass is 290 g/mol. The third-order valence-corrected chi connectivity index (χ3v) is 4.55. The number of benzene rings is 1. The van der Waals surface area contributed by atoms with Gasteiger partial charge in [0, 0.05) is 29.9 Å². The van der Waals surface area contributed by atoms with E-state index in [0.717, 1.165) is 18.7 Å². The van der Waals surface area contributed by atoms with Crippen molar-refractivity contribution < 1.29 is 4.74 Å². The molecule has 0 radical (unpaired) electrons. The molecule has 1 aromatic carbocycles. The fraction of sp³-hybridized carbons (Fsp3) is 0.667. The maximum atomic E-state index is 5.65. The fourth-order valence-corrected chi connectivity index (χ4v) is 3.44. The Morgan fingerprint density at radius 2 is 2.19 bits per heavy atom. The summed E-state index contributed by atoms with van der Waals surface area (Å²) in [7, 11) is 1.77. The Morgan fingerprint density at radius 1 is 1.38 bits per heavy atom. The molecule has 21 heavy (non-hydrogen) atoms. The van der Waals surface area contributed by atoms with Crippen LogP contribution in [0.25, 0.3) is 0 Å². The second kappa shape index (κ2) is 7.69. The molecule has 2 atom stereocenters. The van der Waals surface area contributed by atoms with Crippen molar-refractivity contribution in [3.05, 3.63) is 23.8 Å². The zero-order chi connectivity index (χ0) is 15.2. The van der Waals surface area contributed by atoms with Crippen LogP contribution in [0.3, 0.4) is 0 Å². The van der Waals surface area contributed by atoms with Crippen molar-refractivity contribution in [1.29, 1.82) is 0 Å². The molecule has 1 aliphatic rings. The van der Waals surface area contributed by atoms with E-state index in [1.165, 1.54) is 37.1 Å². The highest BCUT2D eigenvalue weighted by molar-refractivity contribution is 5.62. The van der Waals surface area contributed by atoms with Gasteiger partial charge in [-0.25, -0.2) is 0 Å². The average Bonchev–Trinajstić information content (AvgIpc) is 3.00. The van der Waals surface area contributed by atoms with Crippen LogP contribution < -0.4 is 15.0 Å². The van der Waals surface area contributed by atoms with E-state index < -0.39 is 0 Å². The molecule has 0 aliphatic carbocycles. The lowest BCUT2D eigenvalue weighted by atomic mass is 10.0. The summed E-state index contributed by atoms with van der Waals surface area (Å²) in [6.07, 6.45) is 4.97. The summed E-state index contributed by atoms with van der Waals surface area (Å²) < 4.78 is 5.65. The van der Waals surface area contributed by atoms with E-state index in [9.17, 15) is 0 Å². The predicted molar refractivity (Wildman–Crippen MR) is 90.4 cm³/mol. The van der Waals surface area contributed by atoms with Gasteiger partial charge in [-0.15, -0.1) is 0 Å². The summed E-state index contributed by atoms with van der Waals surface area (Å²) in [5.41, 5.74) is 2.67. The standard InChI is InChI=1S/C18H30N2O/c1-5-12-19-14(3)18-16(10-7-11-17(18)21-4)20-13-8-9-15(20)6-2/h7,10-11,14-15,19H,5-6,8-9,12-13H2,1-4H3. The molecular formula is C18H30N2O. The predicted octanol–water partition coefficient (Wildman–Crippen LogP) is 4.13. The molecule has 0 aromatic heterocycles. The number of hydrogen-bond donors (Lipinski definition) is 1. The highest BCUT2D eigenvalue weighted by Crippen LogP contribution is 2.38. The summed E-state index contributed by atoms with van der Waals surface area (Å²) in [5, 5.41) is 3.61. The minimum atomic E-state index is 0.314. The molecule has 3 nitrogen and oxygen atoms in total. The van der Waals surface area contributed by atoms with Gasteiger partial charge in [0.1, 0.15) is 5.75 Å². The number of hydrogen-bond acceptors (Lipinski definition) is 3. The molecule has 0 spiro atoms. The summed E-state index contributed by atoms with van der Waals surface area (Å²) in [6, 6.07) is 7.45. The fourth-order valence-electron chi connectivity index (χ4n) is 3.44. The van der Waals surface area contributed by atoms with Gasteiger partial charge in [0.15, 0.2) is 0 Å². The van der Waals surface area contributed by atoms with Gasteiger partial charge in [-0.2, -0.15) is 0 Å². The van der Waals surface area contributed by atoms with Gasteiger partial charge in [-0.3, -0.25) is 0 Å². The van der Waals surface area contributed by atoms with E-state index in [4.69, 9.17) is 4.74 Å². The zero-order valence-corrected chi connectivity index (χ0v) is 14.0. The third kappa shape index (κ3) is 3.52. The van der Waals surface area contributed by atoms with Crippen molar-refractivity contribution in [2.24, 2.45) is 0 Å². The highest BCUT2D eigenvalue weighted by atomic mass is 16.5. The Balaban J connectivity index is 2.35. The first kappa shape index (κ1) is 16.2. The van der Waals surface area contributed by atoms with Crippen molar-refractivity contribution >= 4 is 5.69 Å². The molecule has 1 aromatic rings. The summed E-state index contributed by atoms with van der Waals surface area (Å²) in [6.45, 7) is 8.95. The van der Waals surface area contributed by atoms with Gasteiger partial charge >= 0.3 is 0 Å². The van der Waals surface area contributed by atoms with E-state index in [-0.39, 0.29) is 0 Å². The second-order valence-electron chi connectivity index (χ2n) is 5.97. The first-order valence-electron chi connectivity index (χ1n) is 8.39. The normalized spacial score (nSPS) is 19.8. The Morgan fingerprint density at radius 3 is 2.86 bits per heavy atom. The molecule has 1 heterocycles. The molecule has 0 saturated carbocycles. The van der Waals surface area contributed by atoms with Gasteiger partial charge in [-0.1, -0.05) is 19.9 Å². The highest BCUT2D eigenvalue weighted by Gasteiger charge is 2.27.